The van der Waals surface area contributed by atoms with Crippen molar-refractivity contribution in [3.8, 4) is 0 Å². The summed E-state index contributed by atoms with van der Waals surface area (Å²) < 4.78 is 16.8. The van der Waals surface area contributed by atoms with Crippen LogP contribution in [0, 0.1) is 0 Å². The van der Waals surface area contributed by atoms with Gasteiger partial charge in [-0.25, -0.2) is 0 Å². The quantitative estimate of drug-likeness (QED) is 0.0262. The largest absolute Gasteiger partial charge is 0.462 e. The summed E-state index contributed by atoms with van der Waals surface area (Å²) in [5.41, 5.74) is 0. The predicted molar refractivity (Wildman–Crippen MR) is 265 cm³/mol. The van der Waals surface area contributed by atoms with Crippen molar-refractivity contribution >= 4 is 17.9 Å². The van der Waals surface area contributed by atoms with Crippen molar-refractivity contribution in [3.63, 3.8) is 0 Å². The number of esters is 3. The fourth-order valence-electron chi connectivity index (χ4n) is 7.20. The monoisotopic (exact) mass is 867 g/mol. The number of rotatable bonds is 47. The number of hydrogen-bond acceptors (Lipinski definition) is 6. The molecule has 0 aromatic heterocycles. The summed E-state index contributed by atoms with van der Waals surface area (Å²) in [6, 6.07) is 0. The summed E-state index contributed by atoms with van der Waals surface area (Å²) in [6.45, 7) is 6.54. The normalized spacial score (nSPS) is 12.5. The summed E-state index contributed by atoms with van der Waals surface area (Å²) in [6.07, 6.45) is 61.9. The van der Waals surface area contributed by atoms with Gasteiger partial charge in [-0.1, -0.05) is 191 Å². The Labute approximate surface area is 383 Å². The lowest BCUT2D eigenvalue weighted by atomic mass is 10.1. The first-order valence-corrected chi connectivity index (χ1v) is 26.3. The Bertz CT molecular complexity index is 1130. The summed E-state index contributed by atoms with van der Waals surface area (Å²) in [5.74, 6) is -0.913. The molecule has 0 aliphatic rings. The minimum atomic E-state index is -0.787. The smallest absolute Gasteiger partial charge is 0.306 e. The Kier molecular flexibility index (Phi) is 48.4. The predicted octanol–water partition coefficient (Wildman–Crippen LogP) is 17.3. The molecule has 0 amide bonds. The molecule has 6 nitrogen and oxygen atoms in total. The maximum atomic E-state index is 12.8. The molecule has 0 rings (SSSR count). The van der Waals surface area contributed by atoms with Crippen molar-refractivity contribution in [2.45, 2.75) is 264 Å². The maximum absolute atomic E-state index is 12.8. The average molecular weight is 867 g/mol. The van der Waals surface area contributed by atoms with Crippen LogP contribution in [0.5, 0.6) is 0 Å². The van der Waals surface area contributed by atoms with Crippen molar-refractivity contribution in [3.05, 3.63) is 60.8 Å². The van der Waals surface area contributed by atoms with E-state index in [1.165, 1.54) is 116 Å². The van der Waals surface area contributed by atoms with E-state index in [1.54, 1.807) is 0 Å². The molecule has 6 heteroatoms. The van der Waals surface area contributed by atoms with Gasteiger partial charge in [-0.3, -0.25) is 14.4 Å². The van der Waals surface area contributed by atoms with Gasteiger partial charge in [0, 0.05) is 19.3 Å². The number of allylic oxidation sites excluding steroid dienone is 10. The number of carbonyl (C=O) groups is 3. The molecule has 0 spiro atoms. The van der Waals surface area contributed by atoms with E-state index in [-0.39, 0.29) is 31.1 Å². The maximum Gasteiger partial charge on any atom is 0.306 e. The summed E-state index contributed by atoms with van der Waals surface area (Å²) >= 11 is 0. The molecule has 0 radical (unpaired) electrons. The van der Waals surface area contributed by atoms with Gasteiger partial charge in [0.1, 0.15) is 13.2 Å². The molecule has 0 fully saturated rings. The van der Waals surface area contributed by atoms with E-state index in [4.69, 9.17) is 14.2 Å². The van der Waals surface area contributed by atoms with Crippen molar-refractivity contribution < 1.29 is 28.6 Å². The Morgan fingerprint density at radius 1 is 0.323 bits per heavy atom. The SMILES string of the molecule is CCCCC/C=C\C/C=C\CCCCCCCCCC(=O)OCC(COC(=O)CCCCCCC/C=C\CCCCC)OC(=O)CCCCCCC/C=C\C/C=C\CCCCC. The lowest BCUT2D eigenvalue weighted by Gasteiger charge is -2.18. The van der Waals surface area contributed by atoms with Crippen LogP contribution in [0.4, 0.5) is 0 Å². The van der Waals surface area contributed by atoms with Gasteiger partial charge in [0.25, 0.3) is 0 Å². The molecule has 0 saturated heterocycles. The second-order valence-corrected chi connectivity index (χ2v) is 17.4. The van der Waals surface area contributed by atoms with Crippen LogP contribution >= 0.6 is 0 Å². The number of ether oxygens (including phenoxy) is 3. The zero-order valence-corrected chi connectivity index (χ0v) is 40.9. The zero-order valence-electron chi connectivity index (χ0n) is 40.9. The van der Waals surface area contributed by atoms with Crippen molar-refractivity contribution in [1.29, 1.82) is 0 Å². The van der Waals surface area contributed by atoms with E-state index in [0.717, 1.165) is 103 Å². The molecule has 1 unspecified atom stereocenters. The fourth-order valence-corrected chi connectivity index (χ4v) is 7.20. The van der Waals surface area contributed by atoms with E-state index in [2.05, 4.69) is 81.5 Å². The molecule has 0 aliphatic carbocycles. The van der Waals surface area contributed by atoms with Crippen molar-refractivity contribution in [2.24, 2.45) is 0 Å². The van der Waals surface area contributed by atoms with Crippen molar-refractivity contribution in [1.82, 2.24) is 0 Å². The minimum absolute atomic E-state index is 0.0865. The number of hydrogen-bond donors (Lipinski definition) is 0. The first-order chi connectivity index (χ1) is 30.5. The molecule has 1 atom stereocenters. The highest BCUT2D eigenvalue weighted by atomic mass is 16.6. The van der Waals surface area contributed by atoms with Gasteiger partial charge in [-0.05, 0) is 109 Å². The van der Waals surface area contributed by atoms with Gasteiger partial charge < -0.3 is 14.2 Å². The highest BCUT2D eigenvalue weighted by Crippen LogP contribution is 2.14. The Morgan fingerprint density at radius 3 is 0.903 bits per heavy atom. The second kappa shape index (κ2) is 50.8. The molecule has 0 aliphatic heterocycles. The zero-order chi connectivity index (χ0) is 45.1. The van der Waals surface area contributed by atoms with Crippen LogP contribution in [0.25, 0.3) is 0 Å². The summed E-state index contributed by atoms with van der Waals surface area (Å²) in [4.78, 5) is 38.0. The van der Waals surface area contributed by atoms with Crippen LogP contribution in [-0.2, 0) is 28.6 Å². The van der Waals surface area contributed by atoms with Crippen LogP contribution in [-0.4, -0.2) is 37.2 Å². The molecular formula is C56H98O6. The molecule has 0 heterocycles. The van der Waals surface area contributed by atoms with Gasteiger partial charge in [-0.15, -0.1) is 0 Å². The summed E-state index contributed by atoms with van der Waals surface area (Å²) in [7, 11) is 0. The first kappa shape index (κ1) is 59.1. The van der Waals surface area contributed by atoms with Crippen LogP contribution in [0.1, 0.15) is 258 Å². The first-order valence-electron chi connectivity index (χ1n) is 26.3. The molecule has 0 aromatic rings. The Balaban J connectivity index is 4.41. The van der Waals surface area contributed by atoms with E-state index in [1.807, 2.05) is 0 Å². The van der Waals surface area contributed by atoms with Gasteiger partial charge >= 0.3 is 17.9 Å². The molecule has 62 heavy (non-hydrogen) atoms. The third kappa shape index (κ3) is 48.1. The van der Waals surface area contributed by atoms with E-state index < -0.39 is 6.10 Å². The van der Waals surface area contributed by atoms with Crippen LogP contribution < -0.4 is 0 Å². The number of carbonyl (C=O) groups excluding carboxylic acids is 3. The highest BCUT2D eigenvalue weighted by molar-refractivity contribution is 5.71. The number of unbranched alkanes of at least 4 members (excludes halogenated alkanes) is 26. The second-order valence-electron chi connectivity index (χ2n) is 17.4. The lowest BCUT2D eigenvalue weighted by molar-refractivity contribution is -0.167. The molecular weight excluding hydrogens is 769 g/mol. The third-order valence-electron chi connectivity index (χ3n) is 11.2. The van der Waals surface area contributed by atoms with Crippen LogP contribution in [0.3, 0.4) is 0 Å². The van der Waals surface area contributed by atoms with E-state index >= 15 is 0 Å². The van der Waals surface area contributed by atoms with Gasteiger partial charge in [-0.2, -0.15) is 0 Å². The van der Waals surface area contributed by atoms with Gasteiger partial charge in [0.15, 0.2) is 6.10 Å². The lowest BCUT2D eigenvalue weighted by Crippen LogP contribution is -2.30. The molecule has 0 bridgehead atoms. The summed E-state index contributed by atoms with van der Waals surface area (Å²) in [5, 5.41) is 0. The van der Waals surface area contributed by atoms with Crippen molar-refractivity contribution in [2.75, 3.05) is 13.2 Å². The topological polar surface area (TPSA) is 78.9 Å². The minimum Gasteiger partial charge on any atom is -0.462 e. The Hall–Kier alpha value is -2.89. The van der Waals surface area contributed by atoms with E-state index in [9.17, 15) is 14.4 Å². The Morgan fingerprint density at radius 2 is 0.581 bits per heavy atom. The van der Waals surface area contributed by atoms with Crippen LogP contribution in [0.15, 0.2) is 60.8 Å². The molecule has 0 aromatic carbocycles. The average Bonchev–Trinajstić information content (AvgIpc) is 3.27. The molecule has 0 saturated carbocycles. The molecule has 358 valence electrons. The third-order valence-corrected chi connectivity index (χ3v) is 11.2. The van der Waals surface area contributed by atoms with Crippen LogP contribution in [0.2, 0.25) is 0 Å². The standard InChI is InChI=1S/C56H98O6/c1-4-7-10-13-16-19-22-25-27-28-30-31-34-37-40-43-46-49-55(58)61-52-53(51-60-54(57)48-45-42-39-36-33-24-21-18-15-12-9-6-3)62-56(59)50-47-44-41-38-35-32-29-26-23-20-17-14-11-8-5-2/h16-21,25-27,29,53H,4-15,22-24,28,30-52H2,1-3H3/b19-16-,20-17-,21-18-,27-25-,29-26-. The highest BCUT2D eigenvalue weighted by Gasteiger charge is 2.19. The van der Waals surface area contributed by atoms with Gasteiger partial charge in [0.05, 0.1) is 0 Å². The van der Waals surface area contributed by atoms with E-state index in [0.29, 0.717) is 19.3 Å². The fraction of sp³-hybridized carbons (Fsp3) is 0.768. The van der Waals surface area contributed by atoms with Gasteiger partial charge in [0.2, 0.25) is 0 Å². The molecule has 0 N–H and O–H groups in total.